The molecule has 0 amide bonds. The van der Waals surface area contributed by atoms with Gasteiger partial charge in [0.2, 0.25) is 0 Å². The summed E-state index contributed by atoms with van der Waals surface area (Å²) in [6, 6.07) is 8.86. The van der Waals surface area contributed by atoms with Crippen molar-refractivity contribution in [1.29, 1.82) is 0 Å². The van der Waals surface area contributed by atoms with E-state index in [0.29, 0.717) is 11.0 Å². The van der Waals surface area contributed by atoms with E-state index in [4.69, 9.17) is 16.3 Å². The number of hydrogen-bond acceptors (Lipinski definition) is 3. The minimum Gasteiger partial charge on any atom is -0.456 e. The van der Waals surface area contributed by atoms with Gasteiger partial charge < -0.3 is 4.74 Å². The Hall–Kier alpha value is -1.61. The average Bonchev–Trinajstić information content (AvgIpc) is 2.48. The first kappa shape index (κ1) is 16.8. The highest BCUT2D eigenvalue weighted by Crippen LogP contribution is 2.26. The zero-order chi connectivity index (χ0) is 16.3. The van der Waals surface area contributed by atoms with E-state index >= 15 is 0 Å². The minimum atomic E-state index is -0.111. The zero-order valence-corrected chi connectivity index (χ0v) is 14.6. The Kier molecular flexibility index (Phi) is 5.07. The molecule has 0 saturated carbocycles. The molecule has 1 aromatic carbocycles. The molecule has 2 rings (SSSR count). The lowest BCUT2D eigenvalue weighted by Gasteiger charge is -2.20. The standard InChI is InChI=1S/C18H23ClN2O/c1-6-16-15(19)11-20-17(21-16)22-12(2)13-7-9-14(10-8-13)18(3,4)5/h7-12H,6H2,1-5H3. The van der Waals surface area contributed by atoms with Gasteiger partial charge in [-0.1, -0.05) is 63.6 Å². The Morgan fingerprint density at radius 3 is 2.36 bits per heavy atom. The molecule has 0 saturated heterocycles. The number of ether oxygens (including phenoxy) is 1. The first-order chi connectivity index (χ1) is 10.3. The number of halogens is 1. The van der Waals surface area contributed by atoms with Gasteiger partial charge in [-0.15, -0.1) is 0 Å². The second-order valence-corrected chi connectivity index (χ2v) is 6.84. The first-order valence-electron chi connectivity index (χ1n) is 7.59. The van der Waals surface area contributed by atoms with Crippen LogP contribution < -0.4 is 4.74 Å². The van der Waals surface area contributed by atoms with E-state index in [1.165, 1.54) is 5.56 Å². The van der Waals surface area contributed by atoms with Crippen LogP contribution in [-0.4, -0.2) is 9.97 Å². The van der Waals surface area contributed by atoms with E-state index in [-0.39, 0.29) is 11.5 Å². The van der Waals surface area contributed by atoms with Crippen LogP contribution in [0.4, 0.5) is 0 Å². The quantitative estimate of drug-likeness (QED) is 0.783. The summed E-state index contributed by atoms with van der Waals surface area (Å²) < 4.78 is 5.84. The average molecular weight is 319 g/mol. The molecular formula is C18H23ClN2O. The fourth-order valence-corrected chi connectivity index (χ4v) is 2.39. The summed E-state index contributed by atoms with van der Waals surface area (Å²) in [5, 5.41) is 0.581. The highest BCUT2D eigenvalue weighted by Gasteiger charge is 2.15. The molecule has 0 N–H and O–H groups in total. The Labute approximate surface area is 137 Å². The third kappa shape index (κ3) is 3.98. The fourth-order valence-electron chi connectivity index (χ4n) is 2.17. The third-order valence-corrected chi connectivity index (χ3v) is 3.97. The number of aromatic nitrogens is 2. The molecule has 1 unspecified atom stereocenters. The van der Waals surface area contributed by atoms with Crippen LogP contribution in [0.15, 0.2) is 30.5 Å². The van der Waals surface area contributed by atoms with Crippen molar-refractivity contribution in [3.8, 4) is 6.01 Å². The molecule has 3 nitrogen and oxygen atoms in total. The second kappa shape index (κ2) is 6.66. The number of benzene rings is 1. The lowest BCUT2D eigenvalue weighted by molar-refractivity contribution is 0.206. The van der Waals surface area contributed by atoms with Crippen molar-refractivity contribution in [2.45, 2.75) is 52.6 Å². The summed E-state index contributed by atoms with van der Waals surface area (Å²) in [4.78, 5) is 8.49. The van der Waals surface area contributed by atoms with Crippen molar-refractivity contribution in [3.63, 3.8) is 0 Å². The molecule has 22 heavy (non-hydrogen) atoms. The summed E-state index contributed by atoms with van der Waals surface area (Å²) in [5.74, 6) is 0. The topological polar surface area (TPSA) is 35.0 Å². The third-order valence-electron chi connectivity index (χ3n) is 3.66. The molecule has 0 bridgehead atoms. The summed E-state index contributed by atoms with van der Waals surface area (Å²) >= 11 is 6.03. The van der Waals surface area contributed by atoms with Gasteiger partial charge in [0.1, 0.15) is 6.10 Å². The Morgan fingerprint density at radius 2 is 1.82 bits per heavy atom. The van der Waals surface area contributed by atoms with Crippen LogP contribution in [0.2, 0.25) is 5.02 Å². The number of nitrogens with zero attached hydrogens (tertiary/aromatic N) is 2. The van der Waals surface area contributed by atoms with Crippen molar-refractivity contribution >= 4 is 11.6 Å². The van der Waals surface area contributed by atoms with Gasteiger partial charge in [-0.2, -0.15) is 4.98 Å². The van der Waals surface area contributed by atoms with Gasteiger partial charge in [-0.05, 0) is 29.9 Å². The van der Waals surface area contributed by atoms with Crippen molar-refractivity contribution in [2.24, 2.45) is 0 Å². The van der Waals surface area contributed by atoms with Crippen molar-refractivity contribution in [3.05, 3.63) is 52.3 Å². The molecule has 4 heteroatoms. The highest BCUT2D eigenvalue weighted by molar-refractivity contribution is 6.31. The summed E-state index contributed by atoms with van der Waals surface area (Å²) in [7, 11) is 0. The van der Waals surface area contributed by atoms with Crippen LogP contribution in [0.5, 0.6) is 6.01 Å². The minimum absolute atomic E-state index is 0.111. The van der Waals surface area contributed by atoms with Crippen LogP contribution >= 0.6 is 11.6 Å². The predicted molar refractivity (Wildman–Crippen MR) is 90.6 cm³/mol. The SMILES string of the molecule is CCc1nc(OC(C)c2ccc(C(C)(C)C)cc2)ncc1Cl. The van der Waals surface area contributed by atoms with E-state index < -0.39 is 0 Å². The monoisotopic (exact) mass is 318 g/mol. The smallest absolute Gasteiger partial charge is 0.317 e. The molecule has 118 valence electrons. The molecule has 0 fully saturated rings. The molecule has 0 radical (unpaired) electrons. The fraction of sp³-hybridized carbons (Fsp3) is 0.444. The van der Waals surface area contributed by atoms with Crippen molar-refractivity contribution < 1.29 is 4.74 Å². The number of rotatable bonds is 4. The van der Waals surface area contributed by atoms with E-state index in [2.05, 4.69) is 55.0 Å². The van der Waals surface area contributed by atoms with Gasteiger partial charge in [0, 0.05) is 0 Å². The summed E-state index contributed by atoms with van der Waals surface area (Å²) in [6.07, 6.45) is 2.24. The second-order valence-electron chi connectivity index (χ2n) is 6.43. The van der Waals surface area contributed by atoms with Crippen LogP contribution in [0.3, 0.4) is 0 Å². The molecule has 0 spiro atoms. The van der Waals surface area contributed by atoms with Crippen LogP contribution in [0.25, 0.3) is 0 Å². The number of aryl methyl sites for hydroxylation is 1. The maximum atomic E-state index is 6.03. The Bertz CT molecular complexity index is 633. The molecule has 0 aliphatic heterocycles. The van der Waals surface area contributed by atoms with Gasteiger partial charge in [0.25, 0.3) is 0 Å². The maximum Gasteiger partial charge on any atom is 0.317 e. The zero-order valence-electron chi connectivity index (χ0n) is 13.9. The molecule has 1 atom stereocenters. The summed E-state index contributed by atoms with van der Waals surface area (Å²) in [5.41, 5.74) is 3.36. The maximum absolute atomic E-state index is 6.03. The molecular weight excluding hydrogens is 296 g/mol. The van der Waals surface area contributed by atoms with Crippen molar-refractivity contribution in [2.75, 3.05) is 0 Å². The van der Waals surface area contributed by atoms with Gasteiger partial charge in [-0.3, -0.25) is 0 Å². The van der Waals surface area contributed by atoms with Crippen LogP contribution in [0.1, 0.15) is 57.5 Å². The first-order valence-corrected chi connectivity index (χ1v) is 7.97. The van der Waals surface area contributed by atoms with Gasteiger partial charge in [-0.25, -0.2) is 4.98 Å². The molecule has 0 aliphatic carbocycles. The predicted octanol–water partition coefficient (Wildman–Crippen LogP) is 5.13. The summed E-state index contributed by atoms with van der Waals surface area (Å²) in [6.45, 7) is 10.6. The van der Waals surface area contributed by atoms with Gasteiger partial charge >= 0.3 is 6.01 Å². The lowest BCUT2D eigenvalue weighted by Crippen LogP contribution is -2.12. The lowest BCUT2D eigenvalue weighted by atomic mass is 9.86. The molecule has 1 heterocycles. The van der Waals surface area contributed by atoms with Crippen LogP contribution in [0, 0.1) is 0 Å². The number of hydrogen-bond donors (Lipinski definition) is 0. The van der Waals surface area contributed by atoms with E-state index in [1.807, 2.05) is 13.8 Å². The van der Waals surface area contributed by atoms with E-state index in [1.54, 1.807) is 6.20 Å². The molecule has 2 aromatic rings. The Balaban J connectivity index is 2.13. The van der Waals surface area contributed by atoms with E-state index in [0.717, 1.165) is 17.7 Å². The van der Waals surface area contributed by atoms with Crippen molar-refractivity contribution in [1.82, 2.24) is 9.97 Å². The largest absolute Gasteiger partial charge is 0.456 e. The van der Waals surface area contributed by atoms with Gasteiger partial charge in [0.05, 0.1) is 16.9 Å². The molecule has 0 aliphatic rings. The van der Waals surface area contributed by atoms with Gasteiger partial charge in [0.15, 0.2) is 0 Å². The Morgan fingerprint density at radius 1 is 1.18 bits per heavy atom. The van der Waals surface area contributed by atoms with Crippen LogP contribution in [-0.2, 0) is 11.8 Å². The normalized spacial score (nSPS) is 13.0. The highest BCUT2D eigenvalue weighted by atomic mass is 35.5. The molecule has 1 aromatic heterocycles. The van der Waals surface area contributed by atoms with E-state index in [9.17, 15) is 0 Å².